The number of methoxy groups -OCH3 is 1. The standard InChI is InChI=1S/C23H26N2O3S/c1-14-10-16(3)19(11-15(14)2)21(26)13-29-23-24-20-9-7-6-8-18(20)22(27)25(23)17(4)12-28-5/h6-11,17H,12-13H2,1-5H3. The van der Waals surface area contributed by atoms with E-state index >= 15 is 0 Å². The highest BCUT2D eigenvalue weighted by Gasteiger charge is 2.18. The second-order valence-electron chi connectivity index (χ2n) is 7.35. The van der Waals surface area contributed by atoms with E-state index in [0.29, 0.717) is 22.7 Å². The van der Waals surface area contributed by atoms with E-state index in [1.165, 1.54) is 17.3 Å². The van der Waals surface area contributed by atoms with E-state index in [4.69, 9.17) is 4.74 Å². The fourth-order valence-corrected chi connectivity index (χ4v) is 4.38. The molecule has 1 heterocycles. The van der Waals surface area contributed by atoms with E-state index in [0.717, 1.165) is 16.7 Å². The number of ketones is 1. The van der Waals surface area contributed by atoms with Crippen molar-refractivity contribution in [2.45, 2.75) is 38.9 Å². The number of thioether (sulfide) groups is 1. The van der Waals surface area contributed by atoms with Crippen molar-refractivity contribution < 1.29 is 9.53 Å². The molecular weight excluding hydrogens is 384 g/mol. The molecule has 0 saturated heterocycles. The lowest BCUT2D eigenvalue weighted by molar-refractivity contribution is 0.102. The number of carbonyl (C=O) groups is 1. The van der Waals surface area contributed by atoms with Crippen LogP contribution in [0.15, 0.2) is 46.3 Å². The Hall–Kier alpha value is -2.44. The molecule has 3 aromatic rings. The molecule has 6 heteroatoms. The van der Waals surface area contributed by atoms with Crippen LogP contribution in [0, 0.1) is 20.8 Å². The van der Waals surface area contributed by atoms with Gasteiger partial charge in [-0.05, 0) is 62.6 Å². The van der Waals surface area contributed by atoms with Gasteiger partial charge in [0.1, 0.15) is 0 Å². The maximum atomic E-state index is 13.1. The lowest BCUT2D eigenvalue weighted by Crippen LogP contribution is -2.28. The second kappa shape index (κ2) is 8.93. The molecule has 1 aromatic heterocycles. The number of rotatable bonds is 7. The number of benzene rings is 2. The summed E-state index contributed by atoms with van der Waals surface area (Å²) in [6, 6.07) is 11.1. The van der Waals surface area contributed by atoms with Crippen LogP contribution in [0.25, 0.3) is 10.9 Å². The highest BCUT2D eigenvalue weighted by Crippen LogP contribution is 2.24. The van der Waals surface area contributed by atoms with Crippen molar-refractivity contribution >= 4 is 28.4 Å². The Labute approximate surface area is 175 Å². The SMILES string of the molecule is COCC(C)n1c(SCC(=O)c2cc(C)c(C)cc2C)nc2ccccc2c1=O. The first-order chi connectivity index (χ1) is 13.8. The number of hydrogen-bond donors (Lipinski definition) is 0. The third-order valence-corrected chi connectivity index (χ3v) is 6.05. The number of Topliss-reactive ketones (excluding diaryl/α,β-unsaturated/α-hetero) is 1. The molecule has 0 saturated carbocycles. The maximum Gasteiger partial charge on any atom is 0.262 e. The van der Waals surface area contributed by atoms with Crippen LogP contribution in [0.5, 0.6) is 0 Å². The van der Waals surface area contributed by atoms with Crippen LogP contribution >= 0.6 is 11.8 Å². The van der Waals surface area contributed by atoms with Crippen molar-refractivity contribution in [3.8, 4) is 0 Å². The Morgan fingerprint density at radius 1 is 1.14 bits per heavy atom. The molecule has 0 radical (unpaired) electrons. The molecule has 0 N–H and O–H groups in total. The summed E-state index contributed by atoms with van der Waals surface area (Å²) in [7, 11) is 1.61. The van der Waals surface area contributed by atoms with E-state index < -0.39 is 0 Å². The van der Waals surface area contributed by atoms with Crippen LogP contribution in [0.4, 0.5) is 0 Å². The summed E-state index contributed by atoms with van der Waals surface area (Å²) in [5.74, 6) is 0.248. The zero-order chi connectivity index (χ0) is 21.1. The molecule has 1 unspecified atom stereocenters. The average Bonchev–Trinajstić information content (AvgIpc) is 2.69. The van der Waals surface area contributed by atoms with Crippen LogP contribution < -0.4 is 5.56 Å². The van der Waals surface area contributed by atoms with Crippen LogP contribution in [0.3, 0.4) is 0 Å². The van der Waals surface area contributed by atoms with E-state index in [9.17, 15) is 9.59 Å². The Balaban J connectivity index is 1.97. The smallest absolute Gasteiger partial charge is 0.262 e. The van der Waals surface area contributed by atoms with E-state index in [2.05, 4.69) is 4.98 Å². The third-order valence-electron chi connectivity index (χ3n) is 5.10. The van der Waals surface area contributed by atoms with Gasteiger partial charge in [0.05, 0.1) is 29.3 Å². The first-order valence-corrected chi connectivity index (χ1v) is 10.6. The molecule has 0 aliphatic heterocycles. The Morgan fingerprint density at radius 3 is 2.55 bits per heavy atom. The van der Waals surface area contributed by atoms with Gasteiger partial charge in [0.25, 0.3) is 5.56 Å². The highest BCUT2D eigenvalue weighted by molar-refractivity contribution is 7.99. The van der Waals surface area contributed by atoms with Crippen LogP contribution in [0.1, 0.15) is 40.0 Å². The zero-order valence-electron chi connectivity index (χ0n) is 17.5. The Morgan fingerprint density at radius 2 is 1.83 bits per heavy atom. The fourth-order valence-electron chi connectivity index (χ4n) is 3.40. The van der Waals surface area contributed by atoms with Crippen LogP contribution in [0.2, 0.25) is 0 Å². The minimum absolute atomic E-state index is 0.0314. The number of carbonyl (C=O) groups excluding carboxylic acids is 1. The van der Waals surface area contributed by atoms with Gasteiger partial charge in [-0.1, -0.05) is 30.0 Å². The molecule has 0 fully saturated rings. The summed E-state index contributed by atoms with van der Waals surface area (Å²) in [6.45, 7) is 8.31. The minimum Gasteiger partial charge on any atom is -0.383 e. The predicted molar refractivity (Wildman–Crippen MR) is 118 cm³/mol. The predicted octanol–water partition coefficient (Wildman–Crippen LogP) is 4.50. The van der Waals surface area contributed by atoms with Gasteiger partial charge < -0.3 is 4.74 Å². The molecule has 0 aliphatic carbocycles. The Kier molecular flexibility index (Phi) is 6.55. The number of fused-ring (bicyclic) bond motifs is 1. The quantitative estimate of drug-likeness (QED) is 0.326. The number of nitrogens with zero attached hydrogens (tertiary/aromatic N) is 2. The molecule has 152 valence electrons. The highest BCUT2D eigenvalue weighted by atomic mass is 32.2. The Bertz CT molecular complexity index is 1120. The van der Waals surface area contributed by atoms with Gasteiger partial charge in [-0.15, -0.1) is 0 Å². The van der Waals surface area contributed by atoms with Crippen molar-refractivity contribution in [3.63, 3.8) is 0 Å². The summed E-state index contributed by atoms with van der Waals surface area (Å²) in [6.07, 6.45) is 0. The lowest BCUT2D eigenvalue weighted by Gasteiger charge is -2.19. The van der Waals surface area contributed by atoms with E-state index in [1.54, 1.807) is 17.7 Å². The summed E-state index contributed by atoms with van der Waals surface area (Å²) < 4.78 is 6.89. The van der Waals surface area contributed by atoms with Gasteiger partial charge in [-0.3, -0.25) is 14.2 Å². The summed E-state index contributed by atoms with van der Waals surface area (Å²) in [4.78, 5) is 30.7. The third kappa shape index (κ3) is 4.43. The van der Waals surface area contributed by atoms with Gasteiger partial charge in [-0.2, -0.15) is 0 Å². The average molecular weight is 411 g/mol. The van der Waals surface area contributed by atoms with Crippen molar-refractivity contribution in [2.24, 2.45) is 0 Å². The molecule has 29 heavy (non-hydrogen) atoms. The second-order valence-corrected chi connectivity index (χ2v) is 8.30. The number of hydrogen-bond acceptors (Lipinski definition) is 5. The molecular formula is C23H26N2O3S. The lowest BCUT2D eigenvalue weighted by atomic mass is 9.99. The number of ether oxygens (including phenoxy) is 1. The van der Waals surface area contributed by atoms with Gasteiger partial charge in [0.2, 0.25) is 0 Å². The minimum atomic E-state index is -0.189. The molecule has 5 nitrogen and oxygen atoms in total. The molecule has 2 aromatic carbocycles. The van der Waals surface area contributed by atoms with Crippen molar-refractivity contribution in [1.82, 2.24) is 9.55 Å². The number of aryl methyl sites for hydroxylation is 3. The van der Waals surface area contributed by atoms with Gasteiger partial charge in [0, 0.05) is 12.7 Å². The van der Waals surface area contributed by atoms with Gasteiger partial charge in [-0.25, -0.2) is 4.98 Å². The van der Waals surface area contributed by atoms with Crippen LogP contribution in [-0.4, -0.2) is 34.8 Å². The normalized spacial score (nSPS) is 12.3. The molecule has 0 bridgehead atoms. The molecule has 1 atom stereocenters. The first-order valence-electron chi connectivity index (χ1n) is 9.57. The molecule has 0 aliphatic rings. The largest absolute Gasteiger partial charge is 0.383 e. The molecule has 0 amide bonds. The summed E-state index contributed by atoms with van der Waals surface area (Å²) in [5.41, 5.74) is 4.48. The first kappa shape index (κ1) is 21.3. The van der Waals surface area contributed by atoms with Gasteiger partial charge in [0.15, 0.2) is 10.9 Å². The van der Waals surface area contributed by atoms with Crippen LogP contribution in [-0.2, 0) is 4.74 Å². The molecule has 3 rings (SSSR count). The monoisotopic (exact) mass is 410 g/mol. The van der Waals surface area contributed by atoms with Crippen molar-refractivity contribution in [2.75, 3.05) is 19.5 Å². The van der Waals surface area contributed by atoms with E-state index in [1.807, 2.05) is 58.0 Å². The number of aromatic nitrogens is 2. The molecule has 0 spiro atoms. The van der Waals surface area contributed by atoms with E-state index in [-0.39, 0.29) is 23.1 Å². The maximum absolute atomic E-state index is 13.1. The zero-order valence-corrected chi connectivity index (χ0v) is 18.3. The summed E-state index contributed by atoms with van der Waals surface area (Å²) in [5, 5.41) is 1.10. The number of para-hydroxylation sites is 1. The van der Waals surface area contributed by atoms with Gasteiger partial charge >= 0.3 is 0 Å². The topological polar surface area (TPSA) is 61.2 Å². The summed E-state index contributed by atoms with van der Waals surface area (Å²) >= 11 is 1.30. The van der Waals surface area contributed by atoms with Crippen molar-refractivity contribution in [1.29, 1.82) is 0 Å². The fraction of sp³-hybridized carbons (Fsp3) is 0.348. The van der Waals surface area contributed by atoms with Crippen molar-refractivity contribution in [3.05, 3.63) is 69.0 Å².